The smallest absolute Gasteiger partial charge is 0.268 e. The number of carbonyl (C=O) groups is 1. The van der Waals surface area contributed by atoms with Crippen LogP contribution in [0.15, 0.2) is 35.8 Å². The van der Waals surface area contributed by atoms with E-state index in [1.807, 2.05) is 29.0 Å². The van der Waals surface area contributed by atoms with Gasteiger partial charge < -0.3 is 10.2 Å². The topological polar surface area (TPSA) is 63.1 Å². The Morgan fingerprint density at radius 3 is 2.67 bits per heavy atom. The van der Waals surface area contributed by atoms with Crippen LogP contribution >= 0.6 is 22.7 Å². The molecule has 1 amide bonds. The van der Waals surface area contributed by atoms with Gasteiger partial charge in [-0.1, -0.05) is 30.2 Å². The van der Waals surface area contributed by atoms with E-state index in [1.165, 1.54) is 30.6 Å². The molecule has 1 N–H and O–H groups in total. The summed E-state index contributed by atoms with van der Waals surface area (Å²) in [6, 6.07) is 7.82. The summed E-state index contributed by atoms with van der Waals surface area (Å²) < 4.78 is 1.83. The fourth-order valence-corrected chi connectivity index (χ4v) is 4.88. The van der Waals surface area contributed by atoms with Gasteiger partial charge in [-0.25, -0.2) is 0 Å². The second-order valence-electron chi connectivity index (χ2n) is 6.62. The maximum absolute atomic E-state index is 12.6. The molecule has 4 heterocycles. The summed E-state index contributed by atoms with van der Waals surface area (Å²) in [5, 5.41) is 15.5. The van der Waals surface area contributed by atoms with E-state index in [1.54, 1.807) is 22.7 Å². The first-order valence-corrected chi connectivity index (χ1v) is 11.1. The lowest BCUT2D eigenvalue weighted by Crippen LogP contribution is -2.27. The summed E-state index contributed by atoms with van der Waals surface area (Å²) in [6.45, 7) is 2.70. The third-order valence-corrected chi connectivity index (χ3v) is 6.62. The third kappa shape index (κ3) is 4.39. The lowest BCUT2D eigenvalue weighted by atomic mass is 10.2. The molecule has 3 aromatic heterocycles. The molecule has 3 aromatic rings. The van der Waals surface area contributed by atoms with Gasteiger partial charge in [0.25, 0.3) is 5.91 Å². The fourth-order valence-electron chi connectivity index (χ4n) is 3.27. The monoisotopic (exact) mass is 401 g/mol. The predicted molar refractivity (Wildman–Crippen MR) is 110 cm³/mol. The molecular weight excluding hydrogens is 378 g/mol. The summed E-state index contributed by atoms with van der Waals surface area (Å²) >= 11 is 3.26. The summed E-state index contributed by atoms with van der Waals surface area (Å²) in [4.78, 5) is 16.2. The average molecular weight is 402 g/mol. The van der Waals surface area contributed by atoms with Crippen molar-refractivity contribution in [1.82, 2.24) is 20.1 Å². The average Bonchev–Trinajstić information content (AvgIpc) is 3.41. The zero-order valence-corrected chi connectivity index (χ0v) is 16.8. The number of rotatable bonds is 6. The number of aromatic nitrogens is 3. The minimum atomic E-state index is -0.0805. The van der Waals surface area contributed by atoms with E-state index in [2.05, 4.69) is 31.9 Å². The highest BCUT2D eigenvalue weighted by Gasteiger charge is 2.18. The molecule has 0 aromatic carbocycles. The van der Waals surface area contributed by atoms with Crippen molar-refractivity contribution < 1.29 is 4.79 Å². The summed E-state index contributed by atoms with van der Waals surface area (Å²) in [6.07, 6.45) is 7.71. The van der Waals surface area contributed by atoms with Crippen LogP contribution in [0.2, 0.25) is 0 Å². The lowest BCUT2D eigenvalue weighted by Gasteiger charge is -2.17. The zero-order chi connectivity index (χ0) is 18.5. The van der Waals surface area contributed by atoms with Crippen LogP contribution in [0.5, 0.6) is 0 Å². The molecule has 1 fully saturated rings. The van der Waals surface area contributed by atoms with Crippen molar-refractivity contribution in [3.63, 3.8) is 0 Å². The number of nitrogens with one attached hydrogen (secondary N) is 1. The second kappa shape index (κ2) is 8.67. The van der Waals surface area contributed by atoms with Crippen LogP contribution in [0, 0.1) is 0 Å². The molecule has 1 aliphatic rings. The van der Waals surface area contributed by atoms with Gasteiger partial charge in [-0.2, -0.15) is 0 Å². The first-order chi connectivity index (χ1) is 13.3. The van der Waals surface area contributed by atoms with Gasteiger partial charge in [0.05, 0.1) is 0 Å². The number of hydrogen-bond donors (Lipinski definition) is 1. The van der Waals surface area contributed by atoms with Gasteiger partial charge in [0.15, 0.2) is 0 Å². The van der Waals surface area contributed by atoms with E-state index in [0.717, 1.165) is 29.8 Å². The van der Waals surface area contributed by atoms with Gasteiger partial charge in [0, 0.05) is 30.7 Å². The Bertz CT molecular complexity index is 862. The highest BCUT2D eigenvalue weighted by molar-refractivity contribution is 7.17. The molecule has 1 saturated heterocycles. The van der Waals surface area contributed by atoms with Gasteiger partial charge in [-0.3, -0.25) is 9.36 Å². The third-order valence-electron chi connectivity index (χ3n) is 4.70. The van der Waals surface area contributed by atoms with Crippen molar-refractivity contribution in [2.24, 2.45) is 0 Å². The van der Waals surface area contributed by atoms with E-state index in [0.29, 0.717) is 12.2 Å². The van der Waals surface area contributed by atoms with Crippen molar-refractivity contribution in [3.05, 3.63) is 46.4 Å². The molecule has 8 heteroatoms. The Hall–Kier alpha value is -2.19. The zero-order valence-electron chi connectivity index (χ0n) is 15.1. The molecule has 0 radical (unpaired) electrons. The van der Waals surface area contributed by atoms with Gasteiger partial charge in [0.2, 0.25) is 10.3 Å². The van der Waals surface area contributed by atoms with E-state index in [4.69, 9.17) is 0 Å². The molecule has 0 saturated carbocycles. The van der Waals surface area contributed by atoms with E-state index in [9.17, 15) is 4.79 Å². The molecule has 0 aliphatic carbocycles. The maximum atomic E-state index is 12.6. The highest BCUT2D eigenvalue weighted by atomic mass is 32.1. The van der Waals surface area contributed by atoms with E-state index in [-0.39, 0.29) is 5.91 Å². The molecule has 0 unspecified atom stereocenters. The van der Waals surface area contributed by atoms with Crippen molar-refractivity contribution in [2.75, 3.05) is 24.5 Å². The van der Waals surface area contributed by atoms with Crippen LogP contribution in [0.4, 0.5) is 5.13 Å². The van der Waals surface area contributed by atoms with Gasteiger partial charge >= 0.3 is 0 Å². The minimum Gasteiger partial charge on any atom is -0.350 e. The second-order valence-corrected chi connectivity index (χ2v) is 8.58. The van der Waals surface area contributed by atoms with Gasteiger partial charge in [-0.05, 0) is 42.8 Å². The fraction of sp³-hybridized carbons (Fsp3) is 0.421. The summed E-state index contributed by atoms with van der Waals surface area (Å²) in [5.41, 5.74) is 0.597. The number of nitrogens with zero attached hydrogens (tertiary/aromatic N) is 4. The molecule has 1 aliphatic heterocycles. The Balaban J connectivity index is 1.42. The lowest BCUT2D eigenvalue weighted by molar-refractivity contribution is 0.0947. The number of amides is 1. The molecule has 0 atom stereocenters. The van der Waals surface area contributed by atoms with Gasteiger partial charge in [-0.15, -0.1) is 21.5 Å². The van der Waals surface area contributed by atoms with Crippen LogP contribution in [0.1, 0.15) is 41.0 Å². The maximum Gasteiger partial charge on any atom is 0.268 e. The van der Waals surface area contributed by atoms with Crippen LogP contribution in [-0.4, -0.2) is 40.3 Å². The quantitative estimate of drug-likeness (QED) is 0.683. The Morgan fingerprint density at radius 1 is 1.07 bits per heavy atom. The van der Waals surface area contributed by atoms with Crippen molar-refractivity contribution in [3.8, 4) is 5.13 Å². The molecule has 0 spiro atoms. The Morgan fingerprint density at radius 2 is 1.89 bits per heavy atom. The minimum absolute atomic E-state index is 0.0805. The highest BCUT2D eigenvalue weighted by Crippen LogP contribution is 2.26. The van der Waals surface area contributed by atoms with Crippen LogP contribution in [0.25, 0.3) is 5.13 Å². The number of hydrogen-bond acceptors (Lipinski definition) is 6. The van der Waals surface area contributed by atoms with E-state index < -0.39 is 0 Å². The van der Waals surface area contributed by atoms with Crippen LogP contribution in [-0.2, 0) is 6.42 Å². The van der Waals surface area contributed by atoms with Crippen LogP contribution < -0.4 is 10.2 Å². The molecule has 6 nitrogen and oxygen atoms in total. The molecule has 27 heavy (non-hydrogen) atoms. The van der Waals surface area contributed by atoms with E-state index >= 15 is 0 Å². The molecule has 0 bridgehead atoms. The molecular formula is C19H23N5OS2. The number of carbonyl (C=O) groups excluding carboxylic acids is 1. The molecule has 142 valence electrons. The Kier molecular flexibility index (Phi) is 5.84. The SMILES string of the molecule is O=C(NCCc1cccs1)c1cccn1-c1nnc(N2CCCCCC2)s1. The largest absolute Gasteiger partial charge is 0.350 e. The van der Waals surface area contributed by atoms with Crippen LogP contribution in [0.3, 0.4) is 0 Å². The molecule has 4 rings (SSSR count). The van der Waals surface area contributed by atoms with Gasteiger partial charge in [0.1, 0.15) is 5.69 Å². The number of anilines is 1. The predicted octanol–water partition coefficient (Wildman–Crippen LogP) is 3.74. The summed E-state index contributed by atoms with van der Waals surface area (Å²) in [5.74, 6) is -0.0805. The normalized spacial score (nSPS) is 14.9. The standard InChI is InChI=1S/C19H23N5OS2/c25-17(20-10-9-15-7-6-14-26-15)16-8-5-13-24(16)19-22-21-18(27-19)23-11-3-1-2-4-12-23/h5-8,13-14H,1-4,9-12H2,(H,20,25). The first kappa shape index (κ1) is 18.2. The van der Waals surface area contributed by atoms with Crippen molar-refractivity contribution in [1.29, 1.82) is 0 Å². The number of thiophene rings is 1. The first-order valence-electron chi connectivity index (χ1n) is 9.38. The summed E-state index contributed by atoms with van der Waals surface area (Å²) in [7, 11) is 0. The van der Waals surface area contributed by atoms with Crippen molar-refractivity contribution >= 4 is 33.7 Å². The van der Waals surface area contributed by atoms with Crippen molar-refractivity contribution in [2.45, 2.75) is 32.1 Å². The Labute approximate surface area is 166 Å².